The fourth-order valence-electron chi connectivity index (χ4n) is 1.93. The van der Waals surface area contributed by atoms with Crippen molar-refractivity contribution in [3.05, 3.63) is 0 Å². The zero-order chi connectivity index (χ0) is 17.5. The maximum absolute atomic E-state index is 11.9. The molecule has 0 aromatic rings. The zero-order valence-electron chi connectivity index (χ0n) is 14.5. The predicted molar refractivity (Wildman–Crippen MR) is 85.1 cm³/mol. The van der Waals surface area contributed by atoms with Crippen LogP contribution in [0.15, 0.2) is 0 Å². The van der Waals surface area contributed by atoms with E-state index in [-0.39, 0.29) is 6.54 Å². The molecule has 3 N–H and O–H groups in total. The highest BCUT2D eigenvalue weighted by atomic mass is 16.6. The molecule has 1 aliphatic heterocycles. The Morgan fingerprint density at radius 3 is 2.35 bits per heavy atom. The Kier molecular flexibility index (Phi) is 7.24. The normalized spacial score (nSPS) is 18.8. The molecule has 2 amide bonds. The van der Waals surface area contributed by atoms with Crippen LogP contribution >= 0.6 is 0 Å². The number of aliphatic hydroxyl groups is 1. The summed E-state index contributed by atoms with van der Waals surface area (Å²) in [5.41, 5.74) is -2.46. The second kappa shape index (κ2) is 8.47. The van der Waals surface area contributed by atoms with E-state index >= 15 is 0 Å². The third-order valence-electron chi connectivity index (χ3n) is 3.25. The van der Waals surface area contributed by atoms with Gasteiger partial charge in [-0.15, -0.1) is 0 Å². The number of ether oxygens (including phenoxy) is 2. The summed E-state index contributed by atoms with van der Waals surface area (Å²) in [6.07, 6.45) is 0. The quantitative estimate of drug-likeness (QED) is 0.579. The second-order valence-corrected chi connectivity index (χ2v) is 6.84. The number of carbonyl (C=O) groups is 2. The molecule has 1 unspecified atom stereocenters. The number of nitrogens with one attached hydrogen (secondary N) is 2. The number of nitrogens with zero attached hydrogens (tertiary/aromatic N) is 1. The van der Waals surface area contributed by atoms with Crippen LogP contribution in [0.25, 0.3) is 0 Å². The van der Waals surface area contributed by atoms with Crippen molar-refractivity contribution in [3.8, 4) is 0 Å². The van der Waals surface area contributed by atoms with Crippen molar-refractivity contribution < 1.29 is 24.2 Å². The van der Waals surface area contributed by atoms with Gasteiger partial charge < -0.3 is 25.2 Å². The third-order valence-corrected chi connectivity index (χ3v) is 3.25. The van der Waals surface area contributed by atoms with Crippen LogP contribution < -0.4 is 10.6 Å². The van der Waals surface area contributed by atoms with Gasteiger partial charge in [-0.1, -0.05) is 0 Å². The van der Waals surface area contributed by atoms with Gasteiger partial charge in [0.2, 0.25) is 0 Å². The Morgan fingerprint density at radius 2 is 1.78 bits per heavy atom. The van der Waals surface area contributed by atoms with Gasteiger partial charge in [-0.05, 0) is 27.7 Å². The first-order valence-corrected chi connectivity index (χ1v) is 7.88. The molecule has 0 spiro atoms. The van der Waals surface area contributed by atoms with E-state index in [9.17, 15) is 14.7 Å². The van der Waals surface area contributed by atoms with E-state index < -0.39 is 23.2 Å². The van der Waals surface area contributed by atoms with Crippen molar-refractivity contribution in [1.29, 1.82) is 0 Å². The lowest BCUT2D eigenvalue weighted by atomic mass is 10.1. The topological polar surface area (TPSA) is 100 Å². The summed E-state index contributed by atoms with van der Waals surface area (Å²) in [4.78, 5) is 25.8. The highest BCUT2D eigenvalue weighted by Crippen LogP contribution is 2.13. The molecular weight excluding hydrogens is 302 g/mol. The number of amides is 2. The summed E-state index contributed by atoms with van der Waals surface area (Å²) in [6, 6.07) is -0.429. The summed E-state index contributed by atoms with van der Waals surface area (Å²) >= 11 is 0. The van der Waals surface area contributed by atoms with Crippen LogP contribution in [0.5, 0.6) is 0 Å². The molecule has 8 heteroatoms. The van der Waals surface area contributed by atoms with Crippen molar-refractivity contribution in [3.63, 3.8) is 0 Å². The van der Waals surface area contributed by atoms with Gasteiger partial charge in [0.05, 0.1) is 19.8 Å². The van der Waals surface area contributed by atoms with Crippen LogP contribution in [-0.2, 0) is 14.3 Å². The van der Waals surface area contributed by atoms with Crippen molar-refractivity contribution in [2.45, 2.75) is 38.9 Å². The molecule has 0 aromatic carbocycles. The molecule has 1 heterocycles. The average molecular weight is 331 g/mol. The highest BCUT2D eigenvalue weighted by molar-refractivity contribution is 5.81. The Bertz CT molecular complexity index is 400. The highest BCUT2D eigenvalue weighted by Gasteiger charge is 2.35. The van der Waals surface area contributed by atoms with E-state index in [0.717, 1.165) is 19.6 Å². The standard InChI is InChI=1S/C15H29N3O5/c1-14(2,3)23-12(19)15(4,21)11-17-13(20)16-5-6-18-7-9-22-10-8-18/h21H,5-11H2,1-4H3,(H2,16,17,20). The van der Waals surface area contributed by atoms with Gasteiger partial charge in [0.15, 0.2) is 5.60 Å². The molecule has 0 aromatic heterocycles. The number of morpholine rings is 1. The zero-order valence-corrected chi connectivity index (χ0v) is 14.5. The number of hydrogen-bond donors (Lipinski definition) is 3. The molecule has 0 aliphatic carbocycles. The van der Waals surface area contributed by atoms with Crippen molar-refractivity contribution >= 4 is 12.0 Å². The molecule has 1 fully saturated rings. The number of esters is 1. The molecule has 0 bridgehead atoms. The van der Waals surface area contributed by atoms with Gasteiger partial charge in [-0.2, -0.15) is 0 Å². The Morgan fingerprint density at radius 1 is 1.17 bits per heavy atom. The minimum absolute atomic E-state index is 0.217. The number of hydrogen-bond acceptors (Lipinski definition) is 6. The maximum atomic E-state index is 11.9. The van der Waals surface area contributed by atoms with Gasteiger partial charge in [0.25, 0.3) is 0 Å². The third kappa shape index (κ3) is 8.15. The van der Waals surface area contributed by atoms with E-state index in [1.165, 1.54) is 6.92 Å². The molecule has 1 rings (SSSR count). The monoisotopic (exact) mass is 331 g/mol. The van der Waals surface area contributed by atoms with Crippen molar-refractivity contribution in [1.82, 2.24) is 15.5 Å². The smallest absolute Gasteiger partial charge is 0.340 e. The van der Waals surface area contributed by atoms with Gasteiger partial charge in [-0.25, -0.2) is 9.59 Å². The van der Waals surface area contributed by atoms with Crippen molar-refractivity contribution in [2.24, 2.45) is 0 Å². The lowest BCUT2D eigenvalue weighted by Gasteiger charge is -2.28. The number of urea groups is 1. The average Bonchev–Trinajstić information content (AvgIpc) is 2.44. The predicted octanol–water partition coefficient (Wildman–Crippen LogP) is -0.289. The fraction of sp³-hybridized carbons (Fsp3) is 0.867. The van der Waals surface area contributed by atoms with Crippen molar-refractivity contribution in [2.75, 3.05) is 45.9 Å². The first-order valence-electron chi connectivity index (χ1n) is 7.88. The van der Waals surface area contributed by atoms with E-state index in [1.807, 2.05) is 0 Å². The first kappa shape index (κ1) is 19.7. The molecule has 1 saturated heterocycles. The number of carbonyl (C=O) groups excluding carboxylic acids is 2. The SMILES string of the molecule is CC(C)(C)OC(=O)C(C)(O)CNC(=O)NCCN1CCOCC1. The molecule has 1 aliphatic rings. The summed E-state index contributed by atoms with van der Waals surface area (Å²) in [7, 11) is 0. The molecule has 0 radical (unpaired) electrons. The Hall–Kier alpha value is -1.38. The lowest BCUT2D eigenvalue weighted by molar-refractivity contribution is -0.174. The molecule has 0 saturated carbocycles. The lowest BCUT2D eigenvalue weighted by Crippen LogP contribution is -2.52. The molecule has 134 valence electrons. The van der Waals surface area contributed by atoms with Gasteiger partial charge in [0, 0.05) is 26.2 Å². The fourth-order valence-corrected chi connectivity index (χ4v) is 1.93. The van der Waals surface area contributed by atoms with E-state index in [1.54, 1.807) is 20.8 Å². The summed E-state index contributed by atoms with van der Waals surface area (Å²) in [5.74, 6) is -0.765. The van der Waals surface area contributed by atoms with Crippen LogP contribution in [0.1, 0.15) is 27.7 Å². The second-order valence-electron chi connectivity index (χ2n) is 6.84. The summed E-state index contributed by atoms with van der Waals surface area (Å²) in [6.45, 7) is 10.6. The summed E-state index contributed by atoms with van der Waals surface area (Å²) < 4.78 is 10.4. The Labute approximate surface area is 137 Å². The van der Waals surface area contributed by atoms with E-state index in [2.05, 4.69) is 15.5 Å². The molecule has 1 atom stereocenters. The minimum Gasteiger partial charge on any atom is -0.458 e. The Balaban J connectivity index is 2.24. The molecule has 8 nitrogen and oxygen atoms in total. The van der Waals surface area contributed by atoms with Gasteiger partial charge in [-0.3, -0.25) is 4.90 Å². The summed E-state index contributed by atoms with van der Waals surface area (Å²) in [5, 5.41) is 15.3. The molecule has 23 heavy (non-hydrogen) atoms. The molecular formula is C15H29N3O5. The van der Waals surface area contributed by atoms with Gasteiger partial charge in [0.1, 0.15) is 5.60 Å². The first-order chi connectivity index (χ1) is 10.6. The maximum Gasteiger partial charge on any atom is 0.340 e. The van der Waals surface area contributed by atoms with Gasteiger partial charge >= 0.3 is 12.0 Å². The van der Waals surface area contributed by atoms with Crippen LogP contribution in [0.3, 0.4) is 0 Å². The van der Waals surface area contributed by atoms with Crippen LogP contribution in [0, 0.1) is 0 Å². The van der Waals surface area contributed by atoms with E-state index in [4.69, 9.17) is 9.47 Å². The van der Waals surface area contributed by atoms with Crippen LogP contribution in [-0.4, -0.2) is 79.1 Å². The minimum atomic E-state index is -1.77. The number of rotatable bonds is 6. The van der Waals surface area contributed by atoms with Crippen LogP contribution in [0.4, 0.5) is 4.79 Å². The van der Waals surface area contributed by atoms with Crippen LogP contribution in [0.2, 0.25) is 0 Å². The largest absolute Gasteiger partial charge is 0.458 e. The van der Waals surface area contributed by atoms with E-state index in [0.29, 0.717) is 19.8 Å².